The quantitative estimate of drug-likeness (QED) is 0.464. The Balaban J connectivity index is 1.48. The second kappa shape index (κ2) is 9.19. The molecular weight excluding hydrogens is 448 g/mol. The molecule has 3 heterocycles. The van der Waals surface area contributed by atoms with E-state index in [1.54, 1.807) is 12.1 Å². The van der Waals surface area contributed by atoms with E-state index >= 15 is 0 Å². The van der Waals surface area contributed by atoms with Crippen LogP contribution in [0.4, 0.5) is 28.1 Å². The number of aliphatic imine (C=N–C) groups is 1. The molecule has 0 bridgehead atoms. The number of hydrogen-bond donors (Lipinski definition) is 3. The zero-order valence-corrected chi connectivity index (χ0v) is 19.3. The molecule has 1 unspecified atom stereocenters. The summed E-state index contributed by atoms with van der Waals surface area (Å²) in [5, 5.41) is 6.96. The van der Waals surface area contributed by atoms with Crippen molar-refractivity contribution in [2.45, 2.75) is 26.3 Å². The van der Waals surface area contributed by atoms with Gasteiger partial charge in [0, 0.05) is 25.2 Å². The van der Waals surface area contributed by atoms with Crippen molar-refractivity contribution in [3.8, 4) is 0 Å². The summed E-state index contributed by atoms with van der Waals surface area (Å²) in [6.45, 7) is 8.81. The summed E-state index contributed by atoms with van der Waals surface area (Å²) in [4.78, 5) is 32.5. The number of hydrogen-bond acceptors (Lipinski definition) is 9. The minimum Gasteiger partial charge on any atom is -0.355 e. The molecule has 4 N–H and O–H groups in total. The molecule has 1 amide bonds. The lowest BCUT2D eigenvalue weighted by Gasteiger charge is -2.18. The van der Waals surface area contributed by atoms with E-state index in [4.69, 9.17) is 17.3 Å². The van der Waals surface area contributed by atoms with E-state index in [1.807, 2.05) is 19.9 Å². The number of carbonyl (C=O) groups excluding carboxylic acids is 1. The Bertz CT molecular complexity index is 1160. The number of aromatic nitrogens is 3. The average molecular weight is 471 g/mol. The van der Waals surface area contributed by atoms with E-state index in [2.05, 4.69) is 42.2 Å². The topological polar surface area (TPSA) is 121 Å². The zero-order valence-electron chi connectivity index (χ0n) is 17.7. The first kappa shape index (κ1) is 22.1. The number of thiazole rings is 1. The highest BCUT2D eigenvalue weighted by molar-refractivity contribution is 7.17. The fraction of sp³-hybridized carbons (Fsp3) is 0.286. The summed E-state index contributed by atoms with van der Waals surface area (Å²) in [6.07, 6.45) is 2.45. The second-order valence-corrected chi connectivity index (χ2v) is 8.98. The van der Waals surface area contributed by atoms with Crippen LogP contribution in [0.2, 0.25) is 5.02 Å². The average Bonchev–Trinajstić information content (AvgIpc) is 3.39. The highest BCUT2D eigenvalue weighted by atomic mass is 35.5. The van der Waals surface area contributed by atoms with E-state index < -0.39 is 0 Å². The maximum Gasteiger partial charge on any atom is 0.267 e. The van der Waals surface area contributed by atoms with Gasteiger partial charge in [-0.2, -0.15) is 0 Å². The van der Waals surface area contributed by atoms with Crippen LogP contribution in [-0.2, 0) is 0 Å². The molecule has 1 aliphatic heterocycles. The SMILES string of the molecule is C=Nc1cc(C)c(NC(=O)c2cnc(Nc3cc(N4CCC(N)C4)nc(C)n3)s2)c(Cl)c1. The molecule has 4 rings (SSSR count). The Kier molecular flexibility index (Phi) is 6.35. The molecule has 1 fully saturated rings. The van der Waals surface area contributed by atoms with Crippen molar-refractivity contribution in [1.82, 2.24) is 15.0 Å². The minimum absolute atomic E-state index is 0.156. The monoisotopic (exact) mass is 470 g/mol. The van der Waals surface area contributed by atoms with E-state index in [9.17, 15) is 4.79 Å². The third-order valence-electron chi connectivity index (χ3n) is 5.03. The van der Waals surface area contributed by atoms with Gasteiger partial charge in [0.1, 0.15) is 22.3 Å². The van der Waals surface area contributed by atoms with Crippen LogP contribution in [0, 0.1) is 13.8 Å². The van der Waals surface area contributed by atoms with Crippen LogP contribution < -0.4 is 21.3 Å². The Morgan fingerprint density at radius 1 is 1.34 bits per heavy atom. The molecule has 11 heteroatoms. The largest absolute Gasteiger partial charge is 0.355 e. The number of nitrogens with zero attached hydrogens (tertiary/aromatic N) is 5. The summed E-state index contributed by atoms with van der Waals surface area (Å²) in [6, 6.07) is 5.48. The normalized spacial score (nSPS) is 15.6. The van der Waals surface area contributed by atoms with Gasteiger partial charge in [-0.15, -0.1) is 0 Å². The van der Waals surface area contributed by atoms with Crippen molar-refractivity contribution in [2.24, 2.45) is 10.7 Å². The van der Waals surface area contributed by atoms with Crippen molar-refractivity contribution in [2.75, 3.05) is 28.6 Å². The van der Waals surface area contributed by atoms with E-state index in [0.29, 0.717) is 38.0 Å². The number of aryl methyl sites for hydroxylation is 2. The molecule has 0 saturated carbocycles. The van der Waals surface area contributed by atoms with E-state index in [0.717, 1.165) is 30.9 Å². The summed E-state index contributed by atoms with van der Waals surface area (Å²) in [5.41, 5.74) is 7.99. The first-order chi connectivity index (χ1) is 15.3. The van der Waals surface area contributed by atoms with E-state index in [-0.39, 0.29) is 11.9 Å². The molecule has 1 aliphatic rings. The van der Waals surface area contributed by atoms with Crippen LogP contribution >= 0.6 is 22.9 Å². The first-order valence-electron chi connectivity index (χ1n) is 9.99. The van der Waals surface area contributed by atoms with Crippen molar-refractivity contribution >= 4 is 63.7 Å². The van der Waals surface area contributed by atoms with Crippen LogP contribution in [0.15, 0.2) is 29.4 Å². The van der Waals surface area contributed by atoms with Gasteiger partial charge in [0.15, 0.2) is 5.13 Å². The molecule has 1 atom stereocenters. The van der Waals surface area contributed by atoms with Crippen LogP contribution in [0.1, 0.15) is 27.5 Å². The Morgan fingerprint density at radius 3 is 2.84 bits per heavy atom. The molecule has 1 saturated heterocycles. The molecule has 0 spiro atoms. The predicted molar refractivity (Wildman–Crippen MR) is 130 cm³/mol. The number of rotatable bonds is 6. The molecule has 9 nitrogen and oxygen atoms in total. The number of halogens is 1. The van der Waals surface area contributed by atoms with Gasteiger partial charge >= 0.3 is 0 Å². The first-order valence-corrected chi connectivity index (χ1v) is 11.2. The van der Waals surface area contributed by atoms with Crippen molar-refractivity contribution in [3.05, 3.63) is 45.7 Å². The van der Waals surface area contributed by atoms with Gasteiger partial charge in [-0.25, -0.2) is 15.0 Å². The molecular formula is C21H23ClN8OS. The second-order valence-electron chi connectivity index (χ2n) is 7.54. The predicted octanol–water partition coefficient (Wildman–Crippen LogP) is 4.07. The van der Waals surface area contributed by atoms with Gasteiger partial charge < -0.3 is 21.3 Å². The molecule has 3 aromatic rings. The highest BCUT2D eigenvalue weighted by Gasteiger charge is 2.21. The van der Waals surface area contributed by atoms with Gasteiger partial charge in [-0.05, 0) is 44.7 Å². The zero-order chi connectivity index (χ0) is 22.8. The van der Waals surface area contributed by atoms with Gasteiger partial charge in [0.2, 0.25) is 0 Å². The number of anilines is 4. The Labute approximate surface area is 194 Å². The Hall–Kier alpha value is -3.08. The number of nitrogens with two attached hydrogens (primary N) is 1. The van der Waals surface area contributed by atoms with Crippen LogP contribution in [0.25, 0.3) is 0 Å². The number of carbonyl (C=O) groups is 1. The van der Waals surface area contributed by atoms with Gasteiger partial charge in [-0.1, -0.05) is 22.9 Å². The van der Waals surface area contributed by atoms with E-state index in [1.165, 1.54) is 17.5 Å². The fourth-order valence-electron chi connectivity index (χ4n) is 3.47. The smallest absolute Gasteiger partial charge is 0.267 e. The number of benzene rings is 1. The van der Waals surface area contributed by atoms with Crippen molar-refractivity contribution in [3.63, 3.8) is 0 Å². The lowest BCUT2D eigenvalue weighted by Crippen LogP contribution is -2.27. The Morgan fingerprint density at radius 2 is 2.16 bits per heavy atom. The summed E-state index contributed by atoms with van der Waals surface area (Å²) in [5.74, 6) is 1.78. The minimum atomic E-state index is -0.300. The maximum absolute atomic E-state index is 12.7. The highest BCUT2D eigenvalue weighted by Crippen LogP contribution is 2.32. The van der Waals surface area contributed by atoms with Crippen LogP contribution in [0.5, 0.6) is 0 Å². The summed E-state index contributed by atoms with van der Waals surface area (Å²) < 4.78 is 0. The maximum atomic E-state index is 12.7. The number of nitrogens with one attached hydrogen (secondary N) is 2. The van der Waals surface area contributed by atoms with Gasteiger partial charge in [0.05, 0.1) is 22.6 Å². The van der Waals surface area contributed by atoms with Gasteiger partial charge in [-0.3, -0.25) is 9.79 Å². The standard InChI is InChI=1S/C21H23ClN8OS/c1-11-6-14(24-3)7-15(22)19(11)29-20(31)16-9-25-21(32-16)28-17-8-18(27-12(2)26-17)30-5-4-13(23)10-30/h6-9,13H,3-5,10,23H2,1-2H3,(H,29,31)(H,25,26,27,28). The summed E-state index contributed by atoms with van der Waals surface area (Å²) >= 11 is 7.52. The van der Waals surface area contributed by atoms with Crippen LogP contribution in [-0.4, -0.2) is 46.7 Å². The van der Waals surface area contributed by atoms with Gasteiger partial charge in [0.25, 0.3) is 5.91 Å². The molecule has 0 aliphatic carbocycles. The van der Waals surface area contributed by atoms with Crippen molar-refractivity contribution in [1.29, 1.82) is 0 Å². The number of amides is 1. The molecule has 166 valence electrons. The lowest BCUT2D eigenvalue weighted by atomic mass is 10.1. The lowest BCUT2D eigenvalue weighted by molar-refractivity contribution is 0.103. The third-order valence-corrected chi connectivity index (χ3v) is 6.24. The molecule has 2 aromatic heterocycles. The van der Waals surface area contributed by atoms with Crippen molar-refractivity contribution < 1.29 is 4.79 Å². The van der Waals surface area contributed by atoms with Crippen LogP contribution in [0.3, 0.4) is 0 Å². The molecule has 1 aromatic carbocycles. The fourth-order valence-corrected chi connectivity index (χ4v) is 4.50. The molecule has 0 radical (unpaired) electrons. The third kappa shape index (κ3) is 4.87. The molecule has 32 heavy (non-hydrogen) atoms. The summed E-state index contributed by atoms with van der Waals surface area (Å²) in [7, 11) is 0.